The number of aromatic carboxylic acids is 1. The van der Waals surface area contributed by atoms with E-state index >= 15 is 0 Å². The van der Waals surface area contributed by atoms with E-state index in [1.54, 1.807) is 25.1 Å². The Morgan fingerprint density at radius 2 is 1.90 bits per heavy atom. The standard InChI is InChI=1S/C15H13BrFNO2/c1-8-5-10(3-4-11(8)15(19)20)18-14-7-13(17)12(16)6-9(14)2/h3-7,18H,1-2H3,(H,19,20). The molecule has 0 saturated carbocycles. The lowest BCUT2D eigenvalue weighted by Gasteiger charge is -2.12. The molecular formula is C15H13BrFNO2. The summed E-state index contributed by atoms with van der Waals surface area (Å²) in [5, 5.41) is 12.1. The number of rotatable bonds is 3. The van der Waals surface area contributed by atoms with E-state index in [2.05, 4.69) is 21.2 Å². The molecule has 0 saturated heterocycles. The number of hydrogen-bond donors (Lipinski definition) is 2. The van der Waals surface area contributed by atoms with E-state index in [-0.39, 0.29) is 11.4 Å². The minimum Gasteiger partial charge on any atom is -0.478 e. The van der Waals surface area contributed by atoms with Gasteiger partial charge in [0, 0.05) is 11.4 Å². The fraction of sp³-hybridized carbons (Fsp3) is 0.133. The van der Waals surface area contributed by atoms with Gasteiger partial charge in [-0.3, -0.25) is 0 Å². The molecule has 2 aromatic carbocycles. The van der Waals surface area contributed by atoms with Crippen LogP contribution in [0.25, 0.3) is 0 Å². The van der Waals surface area contributed by atoms with Gasteiger partial charge in [0.15, 0.2) is 0 Å². The monoisotopic (exact) mass is 337 g/mol. The molecule has 0 atom stereocenters. The average molecular weight is 338 g/mol. The Kier molecular flexibility index (Phi) is 4.09. The summed E-state index contributed by atoms with van der Waals surface area (Å²) in [6.45, 7) is 3.59. The molecule has 2 aromatic rings. The zero-order valence-corrected chi connectivity index (χ0v) is 12.6. The molecule has 0 aliphatic heterocycles. The fourth-order valence-corrected chi connectivity index (χ4v) is 2.38. The minimum absolute atomic E-state index is 0.259. The zero-order valence-electron chi connectivity index (χ0n) is 11.0. The quantitative estimate of drug-likeness (QED) is 0.857. The van der Waals surface area contributed by atoms with Crippen LogP contribution in [-0.4, -0.2) is 11.1 Å². The second-order valence-electron chi connectivity index (χ2n) is 4.54. The summed E-state index contributed by atoms with van der Waals surface area (Å²) >= 11 is 3.13. The average Bonchev–Trinajstić information content (AvgIpc) is 2.35. The van der Waals surface area contributed by atoms with Crippen molar-refractivity contribution >= 4 is 33.3 Å². The fourth-order valence-electron chi connectivity index (χ4n) is 1.92. The summed E-state index contributed by atoms with van der Waals surface area (Å²) in [7, 11) is 0. The minimum atomic E-state index is -0.958. The lowest BCUT2D eigenvalue weighted by Crippen LogP contribution is -2.01. The Bertz CT molecular complexity index is 686. The van der Waals surface area contributed by atoms with Crippen LogP contribution in [0, 0.1) is 19.7 Å². The summed E-state index contributed by atoms with van der Waals surface area (Å²) in [6, 6.07) is 8.01. The zero-order chi connectivity index (χ0) is 14.9. The molecule has 0 aromatic heterocycles. The van der Waals surface area contributed by atoms with Crippen molar-refractivity contribution in [3.63, 3.8) is 0 Å². The summed E-state index contributed by atoms with van der Waals surface area (Å²) in [6.07, 6.45) is 0. The Balaban J connectivity index is 2.33. The van der Waals surface area contributed by atoms with Gasteiger partial charge in [-0.25, -0.2) is 9.18 Å². The number of hydrogen-bond acceptors (Lipinski definition) is 2. The smallest absolute Gasteiger partial charge is 0.335 e. The molecule has 0 fully saturated rings. The predicted octanol–water partition coefficient (Wildman–Crippen LogP) is 4.65. The number of aryl methyl sites for hydroxylation is 2. The molecule has 0 aliphatic carbocycles. The molecular weight excluding hydrogens is 325 g/mol. The largest absolute Gasteiger partial charge is 0.478 e. The summed E-state index contributed by atoms with van der Waals surface area (Å²) in [5.74, 6) is -1.31. The SMILES string of the molecule is Cc1cc(Br)c(F)cc1Nc1ccc(C(=O)O)c(C)c1. The van der Waals surface area contributed by atoms with Crippen LogP contribution in [0.3, 0.4) is 0 Å². The summed E-state index contributed by atoms with van der Waals surface area (Å²) in [5.41, 5.74) is 3.16. The third-order valence-electron chi connectivity index (χ3n) is 3.00. The van der Waals surface area contributed by atoms with Crippen molar-refractivity contribution in [3.05, 3.63) is 57.3 Å². The number of halogens is 2. The van der Waals surface area contributed by atoms with Gasteiger partial charge in [-0.2, -0.15) is 0 Å². The first-order valence-electron chi connectivity index (χ1n) is 5.95. The molecule has 2 N–H and O–H groups in total. The molecule has 2 rings (SSSR count). The van der Waals surface area contributed by atoms with Gasteiger partial charge in [-0.15, -0.1) is 0 Å². The second-order valence-corrected chi connectivity index (χ2v) is 5.40. The van der Waals surface area contributed by atoms with Crippen molar-refractivity contribution in [3.8, 4) is 0 Å². The maximum Gasteiger partial charge on any atom is 0.335 e. The van der Waals surface area contributed by atoms with Gasteiger partial charge in [0.25, 0.3) is 0 Å². The van der Waals surface area contributed by atoms with Crippen LogP contribution in [0.2, 0.25) is 0 Å². The maximum absolute atomic E-state index is 13.5. The highest BCUT2D eigenvalue weighted by molar-refractivity contribution is 9.10. The normalized spacial score (nSPS) is 10.4. The first-order chi connectivity index (χ1) is 9.38. The molecule has 0 aliphatic rings. The van der Waals surface area contributed by atoms with Crippen LogP contribution < -0.4 is 5.32 Å². The lowest BCUT2D eigenvalue weighted by molar-refractivity contribution is 0.0696. The highest BCUT2D eigenvalue weighted by Crippen LogP contribution is 2.27. The number of nitrogens with one attached hydrogen (secondary N) is 1. The third kappa shape index (κ3) is 2.99. The second kappa shape index (κ2) is 5.63. The van der Waals surface area contributed by atoms with Crippen molar-refractivity contribution in [1.82, 2.24) is 0 Å². The molecule has 0 radical (unpaired) electrons. The highest BCUT2D eigenvalue weighted by Gasteiger charge is 2.09. The molecule has 0 heterocycles. The molecule has 5 heteroatoms. The van der Waals surface area contributed by atoms with E-state index < -0.39 is 5.97 Å². The molecule has 104 valence electrons. The van der Waals surface area contributed by atoms with Gasteiger partial charge in [0.2, 0.25) is 0 Å². The van der Waals surface area contributed by atoms with Crippen molar-refractivity contribution in [1.29, 1.82) is 0 Å². The topological polar surface area (TPSA) is 49.3 Å². The number of benzene rings is 2. The summed E-state index contributed by atoms with van der Waals surface area (Å²) < 4.78 is 14.0. The van der Waals surface area contributed by atoms with Crippen molar-refractivity contribution in [2.75, 3.05) is 5.32 Å². The Labute approximate surface area is 124 Å². The number of carboxylic acid groups (broad SMARTS) is 1. The molecule has 0 spiro atoms. The van der Waals surface area contributed by atoms with Gasteiger partial charge in [-0.05, 0) is 71.2 Å². The van der Waals surface area contributed by atoms with Gasteiger partial charge in [0.05, 0.1) is 10.0 Å². The van der Waals surface area contributed by atoms with Gasteiger partial charge in [-0.1, -0.05) is 0 Å². The lowest BCUT2D eigenvalue weighted by atomic mass is 10.1. The third-order valence-corrected chi connectivity index (χ3v) is 3.61. The van der Waals surface area contributed by atoms with Crippen LogP contribution in [0.1, 0.15) is 21.5 Å². The summed E-state index contributed by atoms with van der Waals surface area (Å²) in [4.78, 5) is 11.0. The first kappa shape index (κ1) is 14.5. The van der Waals surface area contributed by atoms with Crippen molar-refractivity contribution in [2.24, 2.45) is 0 Å². The van der Waals surface area contributed by atoms with Crippen LogP contribution in [0.15, 0.2) is 34.8 Å². The van der Waals surface area contributed by atoms with E-state index in [1.165, 1.54) is 12.1 Å². The van der Waals surface area contributed by atoms with Crippen molar-refractivity contribution < 1.29 is 14.3 Å². The van der Waals surface area contributed by atoms with Crippen LogP contribution in [0.5, 0.6) is 0 Å². The number of carboxylic acids is 1. The predicted molar refractivity (Wildman–Crippen MR) is 80.3 cm³/mol. The van der Waals surface area contributed by atoms with Crippen LogP contribution in [-0.2, 0) is 0 Å². The van der Waals surface area contributed by atoms with Gasteiger partial charge < -0.3 is 10.4 Å². The van der Waals surface area contributed by atoms with Gasteiger partial charge in [0.1, 0.15) is 5.82 Å². The van der Waals surface area contributed by atoms with E-state index in [9.17, 15) is 9.18 Å². The molecule has 0 unspecified atom stereocenters. The maximum atomic E-state index is 13.5. The van der Waals surface area contributed by atoms with Crippen molar-refractivity contribution in [2.45, 2.75) is 13.8 Å². The number of carbonyl (C=O) groups is 1. The Hall–Kier alpha value is -1.88. The van der Waals surface area contributed by atoms with Crippen LogP contribution >= 0.6 is 15.9 Å². The van der Waals surface area contributed by atoms with Gasteiger partial charge >= 0.3 is 5.97 Å². The first-order valence-corrected chi connectivity index (χ1v) is 6.74. The Morgan fingerprint density at radius 1 is 1.20 bits per heavy atom. The van der Waals surface area contributed by atoms with E-state index in [1.807, 2.05) is 6.92 Å². The van der Waals surface area contributed by atoms with Crippen LogP contribution in [0.4, 0.5) is 15.8 Å². The van der Waals surface area contributed by atoms with E-state index in [4.69, 9.17) is 5.11 Å². The molecule has 0 bridgehead atoms. The molecule has 0 amide bonds. The molecule has 20 heavy (non-hydrogen) atoms. The molecule has 3 nitrogen and oxygen atoms in total. The van der Waals surface area contributed by atoms with E-state index in [0.717, 1.165) is 11.3 Å². The highest BCUT2D eigenvalue weighted by atomic mass is 79.9. The number of anilines is 2. The Morgan fingerprint density at radius 3 is 2.50 bits per heavy atom. The van der Waals surface area contributed by atoms with E-state index in [0.29, 0.717) is 15.7 Å².